The number of carbonyl (C=O) groups excluding carboxylic acids is 3. The van der Waals surface area contributed by atoms with E-state index in [2.05, 4.69) is 17.5 Å². The van der Waals surface area contributed by atoms with E-state index in [-0.39, 0.29) is 29.5 Å². The molecule has 0 aromatic heterocycles. The molecule has 2 bridgehead atoms. The Morgan fingerprint density at radius 1 is 1.19 bits per heavy atom. The van der Waals surface area contributed by atoms with Crippen LogP contribution in [0.3, 0.4) is 0 Å². The lowest BCUT2D eigenvalue weighted by molar-refractivity contribution is -0.127. The summed E-state index contributed by atoms with van der Waals surface area (Å²) < 4.78 is 0. The minimum absolute atomic E-state index is 0.0358. The van der Waals surface area contributed by atoms with Gasteiger partial charge in [0.15, 0.2) is 0 Å². The minimum Gasteiger partial charge on any atom is -0.354 e. The normalized spacial score (nSPS) is 28.4. The van der Waals surface area contributed by atoms with Crippen molar-refractivity contribution < 1.29 is 14.4 Å². The Hall–Kier alpha value is -2.34. The number of hydrogen-bond acceptors (Lipinski definition) is 4. The Morgan fingerprint density at radius 3 is 2.69 bits per heavy atom. The number of allylic oxidation sites excluding steroid dienone is 2. The number of imide groups is 1. The highest BCUT2D eigenvalue weighted by atomic mass is 32.2. The van der Waals surface area contributed by atoms with Gasteiger partial charge in [-0.3, -0.25) is 19.3 Å². The monoisotopic (exact) mass is 368 g/mol. The van der Waals surface area contributed by atoms with E-state index in [0.717, 1.165) is 30.2 Å². The first-order chi connectivity index (χ1) is 12.6. The predicted molar refractivity (Wildman–Crippen MR) is 101 cm³/mol. The van der Waals surface area contributed by atoms with Gasteiger partial charge in [0.25, 0.3) is 11.1 Å². The van der Waals surface area contributed by atoms with E-state index >= 15 is 0 Å². The molecule has 1 aliphatic heterocycles. The van der Waals surface area contributed by atoms with Gasteiger partial charge in [0, 0.05) is 19.0 Å². The van der Waals surface area contributed by atoms with E-state index < -0.39 is 0 Å². The number of amides is 3. The highest BCUT2D eigenvalue weighted by Gasteiger charge is 2.40. The van der Waals surface area contributed by atoms with Crippen LogP contribution in [0.1, 0.15) is 18.4 Å². The van der Waals surface area contributed by atoms with Gasteiger partial charge in [0.1, 0.15) is 0 Å². The second-order valence-corrected chi connectivity index (χ2v) is 7.91. The van der Waals surface area contributed by atoms with Crippen LogP contribution in [0.15, 0.2) is 47.4 Å². The van der Waals surface area contributed by atoms with Crippen LogP contribution in [0.2, 0.25) is 0 Å². The molecular formula is C20H20N2O3S. The van der Waals surface area contributed by atoms with Crippen molar-refractivity contribution in [2.75, 3.05) is 13.1 Å². The maximum Gasteiger partial charge on any atom is 0.293 e. The fraction of sp³-hybridized carbons (Fsp3) is 0.350. The van der Waals surface area contributed by atoms with E-state index in [1.54, 1.807) is 6.08 Å². The molecule has 2 aliphatic carbocycles. The highest BCUT2D eigenvalue weighted by Crippen LogP contribution is 2.43. The number of nitrogens with one attached hydrogen (secondary N) is 1. The van der Waals surface area contributed by atoms with Gasteiger partial charge in [0.05, 0.1) is 4.91 Å². The number of hydrogen-bond donors (Lipinski definition) is 1. The first kappa shape index (κ1) is 17.1. The Morgan fingerprint density at radius 2 is 2.00 bits per heavy atom. The first-order valence-electron chi connectivity index (χ1n) is 8.88. The summed E-state index contributed by atoms with van der Waals surface area (Å²) in [4.78, 5) is 38.5. The van der Waals surface area contributed by atoms with Crippen molar-refractivity contribution in [1.29, 1.82) is 0 Å². The zero-order valence-corrected chi connectivity index (χ0v) is 15.1. The molecule has 4 rings (SSSR count). The molecule has 1 saturated heterocycles. The first-order valence-corrected chi connectivity index (χ1v) is 9.70. The molecule has 0 spiro atoms. The van der Waals surface area contributed by atoms with Crippen LogP contribution < -0.4 is 5.32 Å². The summed E-state index contributed by atoms with van der Waals surface area (Å²) in [6.45, 7) is 0.506. The van der Waals surface area contributed by atoms with E-state index in [9.17, 15) is 14.4 Å². The molecule has 26 heavy (non-hydrogen) atoms. The summed E-state index contributed by atoms with van der Waals surface area (Å²) in [6.07, 6.45) is 8.06. The fourth-order valence-electron chi connectivity index (χ4n) is 3.90. The third-order valence-corrected chi connectivity index (χ3v) is 6.13. The summed E-state index contributed by atoms with van der Waals surface area (Å²) in [6, 6.07) is 9.45. The molecule has 1 aromatic carbocycles. The maximum absolute atomic E-state index is 12.5. The largest absolute Gasteiger partial charge is 0.354 e. The van der Waals surface area contributed by atoms with E-state index in [1.807, 2.05) is 30.3 Å². The zero-order chi connectivity index (χ0) is 18.1. The van der Waals surface area contributed by atoms with Crippen LogP contribution in [0.25, 0.3) is 6.08 Å². The molecule has 1 saturated carbocycles. The molecule has 1 N–H and O–H groups in total. The number of fused-ring (bicyclic) bond motifs is 2. The molecule has 134 valence electrons. The Labute approximate surface area is 156 Å². The predicted octanol–water partition coefficient (Wildman–Crippen LogP) is 3.05. The summed E-state index contributed by atoms with van der Waals surface area (Å²) in [7, 11) is 0. The van der Waals surface area contributed by atoms with Gasteiger partial charge in [-0.15, -0.1) is 0 Å². The smallest absolute Gasteiger partial charge is 0.293 e. The molecule has 3 unspecified atom stereocenters. The number of benzene rings is 1. The van der Waals surface area contributed by atoms with Crippen LogP contribution >= 0.6 is 11.8 Å². The summed E-state index contributed by atoms with van der Waals surface area (Å²) in [5, 5.41) is 2.61. The van der Waals surface area contributed by atoms with Crippen LogP contribution in [0.4, 0.5) is 4.79 Å². The van der Waals surface area contributed by atoms with Crippen molar-refractivity contribution in [1.82, 2.24) is 10.2 Å². The number of carbonyl (C=O) groups is 3. The zero-order valence-electron chi connectivity index (χ0n) is 14.3. The molecule has 1 heterocycles. The lowest BCUT2D eigenvalue weighted by atomic mass is 9.93. The van der Waals surface area contributed by atoms with Gasteiger partial charge < -0.3 is 5.32 Å². The van der Waals surface area contributed by atoms with E-state index in [4.69, 9.17) is 0 Å². The number of nitrogens with zero attached hydrogens (tertiary/aromatic N) is 1. The third kappa shape index (κ3) is 3.33. The topological polar surface area (TPSA) is 66.5 Å². The van der Waals surface area contributed by atoms with Gasteiger partial charge in [-0.1, -0.05) is 42.5 Å². The number of rotatable bonds is 5. The lowest BCUT2D eigenvalue weighted by Crippen LogP contribution is -2.40. The molecule has 3 amide bonds. The molecule has 2 fully saturated rings. The summed E-state index contributed by atoms with van der Waals surface area (Å²) in [5.74, 6) is 0.679. The summed E-state index contributed by atoms with van der Waals surface area (Å²) >= 11 is 0.947. The van der Waals surface area contributed by atoms with Crippen molar-refractivity contribution in [3.8, 4) is 0 Å². The van der Waals surface area contributed by atoms with Crippen LogP contribution in [0, 0.1) is 17.8 Å². The van der Waals surface area contributed by atoms with Crippen molar-refractivity contribution >= 4 is 34.9 Å². The van der Waals surface area contributed by atoms with Crippen LogP contribution in [-0.2, 0) is 9.59 Å². The van der Waals surface area contributed by atoms with Gasteiger partial charge in [-0.05, 0) is 48.1 Å². The third-order valence-electron chi connectivity index (χ3n) is 5.22. The Bertz CT molecular complexity index is 803. The van der Waals surface area contributed by atoms with E-state index in [0.29, 0.717) is 23.3 Å². The van der Waals surface area contributed by atoms with Gasteiger partial charge in [-0.2, -0.15) is 0 Å². The molecule has 1 aromatic rings. The van der Waals surface area contributed by atoms with Crippen LogP contribution in [-0.4, -0.2) is 35.0 Å². The van der Waals surface area contributed by atoms with Gasteiger partial charge >= 0.3 is 0 Å². The standard InChI is InChI=1S/C20H20N2O3S/c23-18(16-11-14-6-7-15(16)10-14)21-8-9-22-19(24)17(26-20(22)25)12-13-4-2-1-3-5-13/h1-7,12,14-16H,8-11H2,(H,21,23). The molecule has 3 aliphatic rings. The second-order valence-electron chi connectivity index (χ2n) is 6.92. The Kier molecular flexibility index (Phi) is 4.68. The summed E-state index contributed by atoms with van der Waals surface area (Å²) in [5.41, 5.74) is 0.885. The van der Waals surface area contributed by atoms with Gasteiger partial charge in [0.2, 0.25) is 5.91 Å². The van der Waals surface area contributed by atoms with Gasteiger partial charge in [-0.25, -0.2) is 0 Å². The molecular weight excluding hydrogens is 348 g/mol. The fourth-order valence-corrected chi connectivity index (χ4v) is 4.76. The van der Waals surface area contributed by atoms with Crippen LogP contribution in [0.5, 0.6) is 0 Å². The number of thioether (sulfide) groups is 1. The van der Waals surface area contributed by atoms with E-state index in [1.165, 1.54) is 4.90 Å². The lowest BCUT2D eigenvalue weighted by Gasteiger charge is -2.19. The highest BCUT2D eigenvalue weighted by molar-refractivity contribution is 8.18. The van der Waals surface area contributed by atoms with Crippen molar-refractivity contribution in [2.24, 2.45) is 17.8 Å². The average Bonchev–Trinajstić information content (AvgIpc) is 3.34. The minimum atomic E-state index is -0.291. The van der Waals surface area contributed by atoms with Crippen molar-refractivity contribution in [3.05, 3.63) is 53.0 Å². The second kappa shape index (κ2) is 7.11. The average molecular weight is 368 g/mol. The quantitative estimate of drug-likeness (QED) is 0.641. The maximum atomic E-state index is 12.5. The molecule has 5 nitrogen and oxygen atoms in total. The van der Waals surface area contributed by atoms with Crippen molar-refractivity contribution in [3.63, 3.8) is 0 Å². The molecule has 3 atom stereocenters. The molecule has 0 radical (unpaired) electrons. The Balaban J connectivity index is 1.31. The van der Waals surface area contributed by atoms with Crippen molar-refractivity contribution in [2.45, 2.75) is 12.8 Å². The molecule has 6 heteroatoms. The SMILES string of the molecule is O=C(NCCN1C(=O)SC(=Cc2ccccc2)C1=O)C1CC2C=CC1C2.